The molecule has 1 heterocycles. The van der Waals surface area contributed by atoms with E-state index in [1.807, 2.05) is 66.5 Å². The van der Waals surface area contributed by atoms with Gasteiger partial charge in [-0.2, -0.15) is 0 Å². The van der Waals surface area contributed by atoms with E-state index in [1.165, 1.54) is 11.1 Å². The maximum absolute atomic E-state index is 14.0. The average molecular weight is 524 g/mol. The second kappa shape index (κ2) is 12.4. The van der Waals surface area contributed by atoms with Crippen LogP contribution < -0.4 is 5.32 Å². The first kappa shape index (κ1) is 26.2. The summed E-state index contributed by atoms with van der Waals surface area (Å²) in [7, 11) is 1.89. The Morgan fingerprint density at radius 3 is 1.58 bits per heavy atom. The van der Waals surface area contributed by atoms with E-state index in [9.17, 15) is 4.79 Å². The van der Waals surface area contributed by atoms with E-state index in [0.29, 0.717) is 13.1 Å². The summed E-state index contributed by atoms with van der Waals surface area (Å²) in [6, 6.07) is 39.1. The number of carbonyl (C=O) groups is 1. The van der Waals surface area contributed by atoms with E-state index >= 15 is 0 Å². The molecular weight excluding hydrogens is 490 g/mol. The number of nitrogens with one attached hydrogen (secondary N) is 1. The molecule has 1 N–H and O–H groups in total. The zero-order valence-corrected chi connectivity index (χ0v) is 22.5. The van der Waals surface area contributed by atoms with E-state index in [1.54, 1.807) is 0 Å². The van der Waals surface area contributed by atoms with Crippen molar-refractivity contribution in [3.63, 3.8) is 0 Å². The molecule has 1 aliphatic heterocycles. The molecule has 1 saturated heterocycles. The van der Waals surface area contributed by atoms with Gasteiger partial charge in [-0.15, -0.1) is 0 Å². The normalized spacial score (nSPS) is 15.8. The molecule has 0 bridgehead atoms. The Balaban J connectivity index is 1.36. The fourth-order valence-corrected chi connectivity index (χ4v) is 5.75. The van der Waals surface area contributed by atoms with Crippen molar-refractivity contribution in [2.75, 3.05) is 33.2 Å². The fourth-order valence-electron chi connectivity index (χ4n) is 5.62. The Morgan fingerprint density at radius 1 is 0.658 bits per heavy atom. The van der Waals surface area contributed by atoms with Crippen LogP contribution in [0.4, 0.5) is 0 Å². The molecule has 38 heavy (non-hydrogen) atoms. The first-order valence-corrected chi connectivity index (χ1v) is 13.6. The molecule has 0 spiro atoms. The Hall–Kier alpha value is -3.44. The molecule has 4 nitrogen and oxygen atoms in total. The average Bonchev–Trinajstić information content (AvgIpc) is 2.98. The Labute approximate surface area is 230 Å². The smallest absolute Gasteiger partial charge is 0.240 e. The van der Waals surface area contributed by atoms with Gasteiger partial charge in [-0.1, -0.05) is 115 Å². The van der Waals surface area contributed by atoms with E-state index < -0.39 is 0 Å². The monoisotopic (exact) mass is 523 g/mol. The van der Waals surface area contributed by atoms with Gasteiger partial charge in [0, 0.05) is 37.1 Å². The number of hydrogen-bond donors (Lipinski definition) is 1. The van der Waals surface area contributed by atoms with Gasteiger partial charge in [0.05, 0.1) is 12.1 Å². The van der Waals surface area contributed by atoms with Crippen molar-refractivity contribution in [1.82, 2.24) is 15.1 Å². The second-order valence-corrected chi connectivity index (χ2v) is 10.2. The van der Waals surface area contributed by atoms with Gasteiger partial charge in [-0.3, -0.25) is 9.69 Å². The van der Waals surface area contributed by atoms with Crippen molar-refractivity contribution in [1.29, 1.82) is 0 Å². The van der Waals surface area contributed by atoms with Crippen molar-refractivity contribution in [2.45, 2.75) is 18.0 Å². The summed E-state index contributed by atoms with van der Waals surface area (Å²) in [4.78, 5) is 18.5. The molecule has 5 heteroatoms. The highest BCUT2D eigenvalue weighted by Gasteiger charge is 2.35. The van der Waals surface area contributed by atoms with Crippen LogP contribution in [0, 0.1) is 0 Å². The minimum atomic E-state index is -0.354. The number of likely N-dealkylation sites (N-methyl/N-ethyl adjacent to an activating group) is 1. The summed E-state index contributed by atoms with van der Waals surface area (Å²) in [5.41, 5.74) is 4.73. The number of hydrogen-bond acceptors (Lipinski definition) is 3. The highest BCUT2D eigenvalue weighted by molar-refractivity contribution is 6.30. The van der Waals surface area contributed by atoms with Gasteiger partial charge in [0.2, 0.25) is 5.91 Å². The largest absolute Gasteiger partial charge is 0.339 e. The van der Waals surface area contributed by atoms with Crippen LogP contribution in [0.3, 0.4) is 0 Å². The molecule has 1 fully saturated rings. The van der Waals surface area contributed by atoms with E-state index in [0.717, 1.165) is 29.2 Å². The molecule has 0 aliphatic carbocycles. The molecule has 5 rings (SSSR count). The molecule has 4 aromatic carbocycles. The summed E-state index contributed by atoms with van der Waals surface area (Å²) in [6.45, 7) is 2.96. The molecule has 0 saturated carbocycles. The van der Waals surface area contributed by atoms with Crippen molar-refractivity contribution < 1.29 is 4.79 Å². The van der Waals surface area contributed by atoms with Gasteiger partial charge in [0.25, 0.3) is 0 Å². The third-order valence-corrected chi connectivity index (χ3v) is 7.77. The van der Waals surface area contributed by atoms with E-state index in [4.69, 9.17) is 11.6 Å². The fraction of sp³-hybridized carbons (Fsp3) is 0.242. The lowest BCUT2D eigenvalue weighted by Crippen LogP contribution is -2.55. The van der Waals surface area contributed by atoms with Crippen LogP contribution in [0.1, 0.15) is 34.2 Å². The highest BCUT2D eigenvalue weighted by Crippen LogP contribution is 2.32. The first-order chi connectivity index (χ1) is 18.7. The molecule has 4 aromatic rings. The molecular formula is C33H34ClN3O. The zero-order chi connectivity index (χ0) is 26.3. The molecule has 2 atom stereocenters. The summed E-state index contributed by atoms with van der Waals surface area (Å²) in [6.07, 6.45) is 0. The van der Waals surface area contributed by atoms with Crippen molar-refractivity contribution in [3.8, 4) is 0 Å². The highest BCUT2D eigenvalue weighted by atomic mass is 35.5. The van der Waals surface area contributed by atoms with Gasteiger partial charge in [-0.25, -0.2) is 0 Å². The summed E-state index contributed by atoms with van der Waals surface area (Å²) in [5.74, 6) is 0.0756. The minimum absolute atomic E-state index is 0.0703. The number of carbonyl (C=O) groups excluding carboxylic acids is 1. The maximum Gasteiger partial charge on any atom is 0.240 e. The quantitative estimate of drug-likeness (QED) is 0.308. The molecule has 0 radical (unpaired) electrons. The molecule has 1 aliphatic rings. The van der Waals surface area contributed by atoms with E-state index in [2.05, 4.69) is 70.9 Å². The zero-order valence-electron chi connectivity index (χ0n) is 21.7. The van der Waals surface area contributed by atoms with Gasteiger partial charge in [0.1, 0.15) is 0 Å². The standard InChI is InChI=1S/C33H34ClN3O/c1-35-31(30(25-11-5-2-6-12-25)26-13-7-3-8-14-26)33(38)37-23-21-36(22-24-37)32(27-15-9-4-10-16-27)28-17-19-29(34)20-18-28/h2-20,30-32,35H,21-24H2,1H3. The van der Waals surface area contributed by atoms with Gasteiger partial charge in [0.15, 0.2) is 0 Å². The van der Waals surface area contributed by atoms with Crippen LogP contribution in [0.2, 0.25) is 5.02 Å². The number of halogens is 1. The third-order valence-electron chi connectivity index (χ3n) is 7.52. The topological polar surface area (TPSA) is 35.6 Å². The molecule has 0 aromatic heterocycles. The minimum Gasteiger partial charge on any atom is -0.339 e. The summed E-state index contributed by atoms with van der Waals surface area (Å²) in [5, 5.41) is 4.11. The van der Waals surface area contributed by atoms with Crippen molar-refractivity contribution in [2.24, 2.45) is 0 Å². The van der Waals surface area contributed by atoms with Crippen LogP contribution >= 0.6 is 11.6 Å². The lowest BCUT2D eigenvalue weighted by molar-refractivity contribution is -0.135. The van der Waals surface area contributed by atoms with Crippen LogP contribution in [-0.4, -0.2) is 55.0 Å². The predicted molar refractivity (Wildman–Crippen MR) is 155 cm³/mol. The molecule has 194 valence electrons. The SMILES string of the molecule is CNC(C(=O)N1CCN(C(c2ccccc2)c2ccc(Cl)cc2)CC1)C(c1ccccc1)c1ccccc1. The predicted octanol–water partition coefficient (Wildman–Crippen LogP) is 5.99. The van der Waals surface area contributed by atoms with Crippen molar-refractivity contribution >= 4 is 17.5 Å². The van der Waals surface area contributed by atoms with Crippen molar-refractivity contribution in [3.05, 3.63) is 143 Å². The van der Waals surface area contributed by atoms with Crippen LogP contribution in [0.5, 0.6) is 0 Å². The van der Waals surface area contributed by atoms with Crippen LogP contribution in [0.25, 0.3) is 0 Å². The summed E-state index contributed by atoms with van der Waals surface area (Å²) < 4.78 is 0. The lowest BCUT2D eigenvalue weighted by Gasteiger charge is -2.41. The van der Waals surface area contributed by atoms with E-state index in [-0.39, 0.29) is 23.9 Å². The Kier molecular flexibility index (Phi) is 8.54. The number of nitrogens with zero attached hydrogens (tertiary/aromatic N) is 2. The molecule has 2 unspecified atom stereocenters. The third kappa shape index (κ3) is 5.83. The second-order valence-electron chi connectivity index (χ2n) is 9.79. The maximum atomic E-state index is 14.0. The number of piperazine rings is 1. The van der Waals surface area contributed by atoms with Gasteiger partial charge < -0.3 is 10.2 Å². The Bertz CT molecular complexity index is 1250. The van der Waals surface area contributed by atoms with Crippen LogP contribution in [0.15, 0.2) is 115 Å². The number of benzene rings is 4. The number of rotatable bonds is 8. The van der Waals surface area contributed by atoms with Gasteiger partial charge in [-0.05, 0) is 41.4 Å². The number of amides is 1. The first-order valence-electron chi connectivity index (χ1n) is 13.3. The lowest BCUT2D eigenvalue weighted by atomic mass is 9.84. The van der Waals surface area contributed by atoms with Crippen LogP contribution in [-0.2, 0) is 4.79 Å². The summed E-state index contributed by atoms with van der Waals surface area (Å²) >= 11 is 6.20. The Morgan fingerprint density at radius 2 is 1.11 bits per heavy atom. The molecule has 1 amide bonds. The van der Waals surface area contributed by atoms with Gasteiger partial charge >= 0.3 is 0 Å².